The maximum absolute atomic E-state index is 13.5. The van der Waals surface area contributed by atoms with Gasteiger partial charge in [-0.25, -0.2) is 9.37 Å². The third-order valence-corrected chi connectivity index (χ3v) is 5.59. The number of thiazole rings is 1. The van der Waals surface area contributed by atoms with Crippen LogP contribution >= 0.6 is 11.3 Å². The van der Waals surface area contributed by atoms with Crippen LogP contribution in [0.15, 0.2) is 30.3 Å². The second kappa shape index (κ2) is 6.45. The first kappa shape index (κ1) is 16.9. The smallest absolute Gasteiger partial charge is 0.234 e. The summed E-state index contributed by atoms with van der Waals surface area (Å²) in [5.74, 6) is -0.596. The zero-order valence-electron chi connectivity index (χ0n) is 14.5. The number of nitrogens with zero attached hydrogens (tertiary/aromatic N) is 1. The van der Waals surface area contributed by atoms with E-state index in [2.05, 4.69) is 15.6 Å². The number of halogens is 1. The molecule has 2 amide bonds. The molecule has 0 saturated carbocycles. The van der Waals surface area contributed by atoms with E-state index in [4.69, 9.17) is 9.47 Å². The molecule has 1 aromatic heterocycles. The highest BCUT2D eigenvalue weighted by Gasteiger charge is 2.31. The lowest BCUT2D eigenvalue weighted by Gasteiger charge is -2.24. The number of nitrogens with one attached hydrogen (secondary N) is 2. The Balaban J connectivity index is 1.43. The van der Waals surface area contributed by atoms with Gasteiger partial charge in [0.05, 0.1) is 16.1 Å². The van der Waals surface area contributed by atoms with E-state index in [1.54, 1.807) is 6.07 Å². The van der Waals surface area contributed by atoms with Crippen LogP contribution in [-0.2, 0) is 9.59 Å². The van der Waals surface area contributed by atoms with E-state index in [1.807, 2.05) is 6.07 Å². The Morgan fingerprint density at radius 2 is 2.00 bits per heavy atom. The highest BCUT2D eigenvalue weighted by Crippen LogP contribution is 2.39. The third kappa shape index (κ3) is 2.93. The third-order valence-electron chi connectivity index (χ3n) is 4.65. The Hall–Kier alpha value is -3.20. The highest BCUT2D eigenvalue weighted by molar-refractivity contribution is 7.22. The number of hydrogen-bond acceptors (Lipinski definition) is 6. The molecule has 0 bridgehead atoms. The molecule has 5 rings (SSSR count). The fourth-order valence-electron chi connectivity index (χ4n) is 3.38. The molecule has 28 heavy (non-hydrogen) atoms. The van der Waals surface area contributed by atoms with Gasteiger partial charge >= 0.3 is 0 Å². The first-order valence-electron chi connectivity index (χ1n) is 8.67. The Kier molecular flexibility index (Phi) is 3.90. The molecule has 0 aliphatic carbocycles. The minimum absolute atomic E-state index is 0.00859. The monoisotopic (exact) mass is 399 g/mol. The minimum Gasteiger partial charge on any atom is -0.486 e. The number of carbonyl (C=O) groups excluding carboxylic acids is 2. The van der Waals surface area contributed by atoms with Crippen molar-refractivity contribution in [3.63, 3.8) is 0 Å². The summed E-state index contributed by atoms with van der Waals surface area (Å²) in [6.07, 6.45) is -0.00859. The molecule has 2 aliphatic heterocycles. The number of fused-ring (bicyclic) bond motifs is 3. The molecule has 142 valence electrons. The quantitative estimate of drug-likeness (QED) is 0.690. The summed E-state index contributed by atoms with van der Waals surface area (Å²) < 4.78 is 25.4. The van der Waals surface area contributed by atoms with E-state index in [-0.39, 0.29) is 18.2 Å². The van der Waals surface area contributed by atoms with Crippen LogP contribution in [0, 0.1) is 5.82 Å². The molecule has 3 heterocycles. The molecule has 7 nitrogen and oxygen atoms in total. The highest BCUT2D eigenvalue weighted by atomic mass is 32.1. The molecule has 0 fully saturated rings. The van der Waals surface area contributed by atoms with Crippen molar-refractivity contribution >= 4 is 44.2 Å². The number of aromatic nitrogens is 1. The van der Waals surface area contributed by atoms with Gasteiger partial charge in [-0.15, -0.1) is 0 Å². The maximum Gasteiger partial charge on any atom is 0.234 e. The number of ether oxygens (including phenoxy) is 2. The average Bonchev–Trinajstić information content (AvgIpc) is 3.05. The van der Waals surface area contributed by atoms with Gasteiger partial charge in [0, 0.05) is 24.2 Å². The van der Waals surface area contributed by atoms with Crippen molar-refractivity contribution in [1.29, 1.82) is 0 Å². The first-order chi connectivity index (χ1) is 13.6. The molecule has 2 N–H and O–H groups in total. The van der Waals surface area contributed by atoms with Crippen LogP contribution in [0.25, 0.3) is 10.2 Å². The normalized spacial score (nSPS) is 17.8. The van der Waals surface area contributed by atoms with Crippen molar-refractivity contribution in [3.8, 4) is 11.5 Å². The summed E-state index contributed by atoms with van der Waals surface area (Å²) in [7, 11) is 0. The molecule has 2 aromatic carbocycles. The van der Waals surface area contributed by atoms with Crippen LogP contribution in [0.1, 0.15) is 17.9 Å². The van der Waals surface area contributed by atoms with Crippen LogP contribution in [0.3, 0.4) is 0 Å². The predicted octanol–water partition coefficient (Wildman–Crippen LogP) is 3.27. The van der Waals surface area contributed by atoms with E-state index in [0.29, 0.717) is 46.6 Å². The molecule has 0 spiro atoms. The lowest BCUT2D eigenvalue weighted by molar-refractivity contribution is -0.123. The second-order valence-electron chi connectivity index (χ2n) is 6.51. The molecule has 9 heteroatoms. The van der Waals surface area contributed by atoms with Crippen molar-refractivity contribution in [2.24, 2.45) is 0 Å². The maximum atomic E-state index is 13.5. The minimum atomic E-state index is -0.712. The van der Waals surface area contributed by atoms with E-state index >= 15 is 0 Å². The van der Waals surface area contributed by atoms with E-state index in [0.717, 1.165) is 4.70 Å². The van der Waals surface area contributed by atoms with Crippen molar-refractivity contribution in [2.75, 3.05) is 23.8 Å². The average molecular weight is 399 g/mol. The van der Waals surface area contributed by atoms with Crippen molar-refractivity contribution < 1.29 is 23.5 Å². The van der Waals surface area contributed by atoms with Crippen molar-refractivity contribution in [1.82, 2.24) is 4.98 Å². The molecular formula is C19H14FN3O4S. The standard InChI is InChI=1S/C19H14FN3O4S/c20-9-1-2-10-11(6-17(24)21-12(10)5-9)18(25)23-19-22-13-7-14-15(8-16(13)28-19)27-4-3-26-14/h1-2,5,7-8,11H,3-4,6H2,(H,21,24)(H,22,23,25). The molecule has 0 saturated heterocycles. The van der Waals surface area contributed by atoms with Gasteiger partial charge in [-0.2, -0.15) is 0 Å². The SMILES string of the molecule is O=C1CC(C(=O)Nc2nc3cc4c(cc3s2)OCCO4)c2ccc(F)cc2N1. The van der Waals surface area contributed by atoms with E-state index < -0.39 is 11.7 Å². The Morgan fingerprint density at radius 3 is 2.82 bits per heavy atom. The number of anilines is 2. The summed E-state index contributed by atoms with van der Waals surface area (Å²) in [4.78, 5) is 29.2. The number of rotatable bonds is 2. The number of hydrogen-bond donors (Lipinski definition) is 2. The van der Waals surface area contributed by atoms with Crippen molar-refractivity contribution in [3.05, 3.63) is 41.7 Å². The van der Waals surface area contributed by atoms with Gasteiger partial charge in [-0.05, 0) is 17.7 Å². The summed E-state index contributed by atoms with van der Waals surface area (Å²) >= 11 is 1.31. The molecular weight excluding hydrogens is 385 g/mol. The topological polar surface area (TPSA) is 89.6 Å². The summed E-state index contributed by atoms with van der Waals surface area (Å²) in [5.41, 5.74) is 1.59. The largest absolute Gasteiger partial charge is 0.486 e. The van der Waals surface area contributed by atoms with Crippen LogP contribution < -0.4 is 20.1 Å². The summed E-state index contributed by atoms with van der Waals surface area (Å²) in [6, 6.07) is 7.63. The van der Waals surface area contributed by atoms with Crippen molar-refractivity contribution in [2.45, 2.75) is 12.3 Å². The number of benzene rings is 2. The van der Waals surface area contributed by atoms with Gasteiger partial charge in [0.25, 0.3) is 0 Å². The molecule has 1 atom stereocenters. The Morgan fingerprint density at radius 1 is 1.21 bits per heavy atom. The van der Waals surface area contributed by atoms with Gasteiger partial charge in [0.15, 0.2) is 16.6 Å². The fraction of sp³-hybridized carbons (Fsp3) is 0.211. The number of carbonyl (C=O) groups is 2. The van der Waals surface area contributed by atoms with Crippen LogP contribution in [0.5, 0.6) is 11.5 Å². The second-order valence-corrected chi connectivity index (χ2v) is 7.54. The molecule has 2 aliphatic rings. The van der Waals surface area contributed by atoms with E-state index in [9.17, 15) is 14.0 Å². The van der Waals surface area contributed by atoms with Crippen LogP contribution in [0.4, 0.5) is 15.2 Å². The fourth-order valence-corrected chi connectivity index (χ4v) is 4.26. The molecule has 0 radical (unpaired) electrons. The van der Waals surface area contributed by atoms with Gasteiger partial charge in [0.1, 0.15) is 19.0 Å². The zero-order valence-corrected chi connectivity index (χ0v) is 15.3. The first-order valence-corrected chi connectivity index (χ1v) is 9.49. The Labute approximate surface area is 162 Å². The van der Waals surface area contributed by atoms with Gasteiger partial charge in [-0.1, -0.05) is 17.4 Å². The van der Waals surface area contributed by atoms with Gasteiger partial charge in [0.2, 0.25) is 11.8 Å². The lowest BCUT2D eigenvalue weighted by Crippen LogP contribution is -2.30. The summed E-state index contributed by atoms with van der Waals surface area (Å²) in [5, 5.41) is 5.80. The Bertz CT molecular complexity index is 1090. The predicted molar refractivity (Wildman–Crippen MR) is 102 cm³/mol. The van der Waals surface area contributed by atoms with Gasteiger partial charge in [-0.3, -0.25) is 9.59 Å². The zero-order chi connectivity index (χ0) is 19.3. The lowest BCUT2D eigenvalue weighted by atomic mass is 9.90. The van der Waals surface area contributed by atoms with Gasteiger partial charge < -0.3 is 20.1 Å². The van der Waals surface area contributed by atoms with Crippen LogP contribution in [-0.4, -0.2) is 30.0 Å². The molecule has 1 unspecified atom stereocenters. The summed E-state index contributed by atoms with van der Waals surface area (Å²) in [6.45, 7) is 0.973. The van der Waals surface area contributed by atoms with E-state index in [1.165, 1.54) is 29.5 Å². The number of amides is 2. The van der Waals surface area contributed by atoms with Crippen LogP contribution in [0.2, 0.25) is 0 Å². The molecule has 3 aromatic rings.